The molecule has 1 heterocycles. The molecule has 2 saturated carbocycles. The van der Waals surface area contributed by atoms with Gasteiger partial charge in [-0.3, -0.25) is 4.79 Å². The van der Waals surface area contributed by atoms with Crippen LogP contribution < -0.4 is 5.32 Å². The molecule has 20 heavy (non-hydrogen) atoms. The second-order valence-electron chi connectivity index (χ2n) is 5.91. The molecule has 0 spiro atoms. The Morgan fingerprint density at radius 2 is 2.10 bits per heavy atom. The van der Waals surface area contributed by atoms with E-state index >= 15 is 0 Å². The van der Waals surface area contributed by atoms with Crippen molar-refractivity contribution in [1.29, 1.82) is 0 Å². The zero-order valence-corrected chi connectivity index (χ0v) is 11.5. The van der Waals surface area contributed by atoms with Gasteiger partial charge in [0.1, 0.15) is 0 Å². The lowest BCUT2D eigenvalue weighted by Crippen LogP contribution is -2.35. The zero-order chi connectivity index (χ0) is 13.9. The third-order valence-electron chi connectivity index (χ3n) is 4.38. The smallest absolute Gasteiger partial charge is 0.229 e. The Bertz CT molecular complexity index is 470. The number of hydrogen-bond acceptors (Lipinski definition) is 5. The minimum Gasteiger partial charge on any atom is -0.393 e. The van der Waals surface area contributed by atoms with E-state index in [1.54, 1.807) is 0 Å². The van der Waals surface area contributed by atoms with Gasteiger partial charge in [-0.1, -0.05) is 18.0 Å². The summed E-state index contributed by atoms with van der Waals surface area (Å²) in [4.78, 5) is 16.3. The summed E-state index contributed by atoms with van der Waals surface area (Å²) < 4.78 is 5.21. The van der Waals surface area contributed by atoms with Crippen LogP contribution in [-0.4, -0.2) is 27.3 Å². The monoisotopic (exact) mass is 279 g/mol. The Kier molecular flexibility index (Phi) is 4.00. The van der Waals surface area contributed by atoms with Gasteiger partial charge in [-0.25, -0.2) is 0 Å². The van der Waals surface area contributed by atoms with Gasteiger partial charge in [-0.05, 0) is 32.1 Å². The number of carbonyl (C=O) groups excluding carboxylic acids is 1. The molecule has 2 fully saturated rings. The molecule has 1 aromatic rings. The molecule has 110 valence electrons. The number of hydrogen-bond donors (Lipinski definition) is 2. The van der Waals surface area contributed by atoms with Gasteiger partial charge in [0.25, 0.3) is 0 Å². The SMILES string of the molecule is O=C(NCc1noc(C2CCC2)n1)[C@H]1CCC[C@@H](O)C1. The molecular formula is C14H21N3O3. The van der Waals surface area contributed by atoms with Crippen LogP contribution in [0.15, 0.2) is 4.52 Å². The predicted octanol–water partition coefficient (Wildman–Crippen LogP) is 1.50. The number of carbonyl (C=O) groups is 1. The first-order valence-corrected chi connectivity index (χ1v) is 7.50. The molecule has 0 bridgehead atoms. The highest BCUT2D eigenvalue weighted by molar-refractivity contribution is 5.78. The molecule has 0 saturated heterocycles. The molecule has 2 aliphatic rings. The van der Waals surface area contributed by atoms with Gasteiger partial charge in [0.2, 0.25) is 11.8 Å². The first-order valence-electron chi connectivity index (χ1n) is 7.50. The number of nitrogens with one attached hydrogen (secondary N) is 1. The first kappa shape index (κ1) is 13.5. The fourth-order valence-corrected chi connectivity index (χ4v) is 2.87. The molecule has 6 nitrogen and oxygen atoms in total. The summed E-state index contributed by atoms with van der Waals surface area (Å²) in [6.07, 6.45) is 6.25. The Hall–Kier alpha value is -1.43. The normalized spacial score (nSPS) is 27.1. The Labute approximate surface area is 117 Å². The highest BCUT2D eigenvalue weighted by atomic mass is 16.5. The summed E-state index contributed by atoms with van der Waals surface area (Å²) in [5.74, 6) is 1.56. The fourth-order valence-electron chi connectivity index (χ4n) is 2.87. The van der Waals surface area contributed by atoms with Crippen molar-refractivity contribution in [2.24, 2.45) is 5.92 Å². The van der Waals surface area contributed by atoms with E-state index in [0.29, 0.717) is 30.6 Å². The van der Waals surface area contributed by atoms with Crippen molar-refractivity contribution in [1.82, 2.24) is 15.5 Å². The number of aromatic nitrogens is 2. The van der Waals surface area contributed by atoms with E-state index in [1.165, 1.54) is 6.42 Å². The van der Waals surface area contributed by atoms with E-state index in [-0.39, 0.29) is 17.9 Å². The summed E-state index contributed by atoms with van der Waals surface area (Å²) >= 11 is 0. The largest absolute Gasteiger partial charge is 0.393 e. The van der Waals surface area contributed by atoms with Crippen molar-refractivity contribution in [3.8, 4) is 0 Å². The predicted molar refractivity (Wildman–Crippen MR) is 70.7 cm³/mol. The molecular weight excluding hydrogens is 258 g/mol. The maximum absolute atomic E-state index is 12.0. The van der Waals surface area contributed by atoms with Crippen LogP contribution in [0.25, 0.3) is 0 Å². The lowest BCUT2D eigenvalue weighted by Gasteiger charge is -2.24. The second kappa shape index (κ2) is 5.91. The van der Waals surface area contributed by atoms with Gasteiger partial charge in [-0.15, -0.1) is 0 Å². The molecule has 2 N–H and O–H groups in total. The van der Waals surface area contributed by atoms with Gasteiger partial charge >= 0.3 is 0 Å². The number of amides is 1. The quantitative estimate of drug-likeness (QED) is 0.872. The summed E-state index contributed by atoms with van der Waals surface area (Å²) in [6, 6.07) is 0. The average Bonchev–Trinajstić information content (AvgIpc) is 2.82. The summed E-state index contributed by atoms with van der Waals surface area (Å²) in [6.45, 7) is 0.307. The van der Waals surface area contributed by atoms with Crippen molar-refractivity contribution in [3.05, 3.63) is 11.7 Å². The van der Waals surface area contributed by atoms with Gasteiger partial charge < -0.3 is 14.9 Å². The standard InChI is InChI=1S/C14H21N3O3/c18-11-6-2-5-10(7-11)13(19)15-8-12-16-14(20-17-12)9-3-1-4-9/h9-11,18H,1-8H2,(H,15,19)/t10-,11+/m0/s1. The van der Waals surface area contributed by atoms with Crippen LogP contribution >= 0.6 is 0 Å². The summed E-state index contributed by atoms with van der Waals surface area (Å²) in [5.41, 5.74) is 0. The number of aliphatic hydroxyl groups excluding tert-OH is 1. The molecule has 2 aliphatic carbocycles. The number of rotatable bonds is 4. The first-order chi connectivity index (χ1) is 9.72. The molecule has 1 amide bonds. The third-order valence-corrected chi connectivity index (χ3v) is 4.38. The number of nitrogens with zero attached hydrogens (tertiary/aromatic N) is 2. The van der Waals surface area contributed by atoms with E-state index in [9.17, 15) is 9.90 Å². The van der Waals surface area contributed by atoms with E-state index in [0.717, 1.165) is 32.1 Å². The van der Waals surface area contributed by atoms with Crippen molar-refractivity contribution in [3.63, 3.8) is 0 Å². The molecule has 0 aromatic carbocycles. The van der Waals surface area contributed by atoms with Crippen LogP contribution in [0, 0.1) is 5.92 Å². The van der Waals surface area contributed by atoms with Gasteiger partial charge in [0.05, 0.1) is 12.6 Å². The summed E-state index contributed by atoms with van der Waals surface area (Å²) in [5, 5.41) is 16.3. The van der Waals surface area contributed by atoms with E-state index in [4.69, 9.17) is 4.52 Å². The highest BCUT2D eigenvalue weighted by Gasteiger charge is 2.27. The van der Waals surface area contributed by atoms with E-state index in [1.807, 2.05) is 0 Å². The van der Waals surface area contributed by atoms with Gasteiger partial charge in [0, 0.05) is 11.8 Å². The fraction of sp³-hybridized carbons (Fsp3) is 0.786. The molecule has 0 radical (unpaired) electrons. The van der Waals surface area contributed by atoms with Gasteiger partial charge in [-0.2, -0.15) is 4.98 Å². The third kappa shape index (κ3) is 3.00. The average molecular weight is 279 g/mol. The van der Waals surface area contributed by atoms with Crippen LogP contribution in [0.1, 0.15) is 62.6 Å². The summed E-state index contributed by atoms with van der Waals surface area (Å²) in [7, 11) is 0. The van der Waals surface area contributed by atoms with Crippen LogP contribution in [-0.2, 0) is 11.3 Å². The lowest BCUT2D eigenvalue weighted by atomic mass is 9.85. The molecule has 6 heteroatoms. The molecule has 0 aliphatic heterocycles. The van der Waals surface area contributed by atoms with Crippen LogP contribution in [0.5, 0.6) is 0 Å². The molecule has 3 rings (SSSR count). The van der Waals surface area contributed by atoms with Crippen LogP contribution in [0.2, 0.25) is 0 Å². The Morgan fingerprint density at radius 3 is 2.80 bits per heavy atom. The minimum atomic E-state index is -0.338. The van der Waals surface area contributed by atoms with E-state index in [2.05, 4.69) is 15.5 Å². The van der Waals surface area contributed by atoms with Crippen molar-refractivity contribution in [2.75, 3.05) is 0 Å². The highest BCUT2D eigenvalue weighted by Crippen LogP contribution is 2.35. The zero-order valence-electron chi connectivity index (χ0n) is 11.5. The van der Waals surface area contributed by atoms with Gasteiger partial charge in [0.15, 0.2) is 5.82 Å². The van der Waals surface area contributed by atoms with Crippen LogP contribution in [0.3, 0.4) is 0 Å². The maximum Gasteiger partial charge on any atom is 0.229 e. The minimum absolute atomic E-state index is 0.0151. The molecule has 2 atom stereocenters. The molecule has 0 unspecified atom stereocenters. The topological polar surface area (TPSA) is 88.3 Å². The second-order valence-corrected chi connectivity index (χ2v) is 5.91. The Morgan fingerprint density at radius 1 is 1.30 bits per heavy atom. The van der Waals surface area contributed by atoms with Crippen LogP contribution in [0.4, 0.5) is 0 Å². The molecule has 1 aromatic heterocycles. The van der Waals surface area contributed by atoms with E-state index < -0.39 is 0 Å². The van der Waals surface area contributed by atoms with Crippen molar-refractivity contribution >= 4 is 5.91 Å². The van der Waals surface area contributed by atoms with Crippen molar-refractivity contribution in [2.45, 2.75) is 63.5 Å². The Balaban J connectivity index is 1.48. The maximum atomic E-state index is 12.0. The number of aliphatic hydroxyl groups is 1. The van der Waals surface area contributed by atoms with Crippen molar-refractivity contribution < 1.29 is 14.4 Å². The lowest BCUT2D eigenvalue weighted by molar-refractivity contribution is -0.127.